The molecule has 0 saturated heterocycles. The molecule has 0 spiro atoms. The van der Waals surface area contributed by atoms with Crippen LogP contribution in [0.15, 0.2) is 79.1 Å². The molecule has 7 heteroatoms. The lowest BCUT2D eigenvalue weighted by Crippen LogP contribution is -2.31. The predicted molar refractivity (Wildman–Crippen MR) is 138 cm³/mol. The molecule has 6 rings (SSSR count). The molecule has 35 heavy (non-hydrogen) atoms. The molecule has 3 heterocycles. The summed E-state index contributed by atoms with van der Waals surface area (Å²) in [5.74, 6) is 1.85. The standard InChI is InChI=1S/C28H29N7/c1-2-8-24-23(7-1)32-27(33-24)19-35(25-9-3-5-22-6-4-15-29-28(22)25)18-21-12-10-20(11-13-21)17-30-26-14-16-31-34-26/h1-2,4,6-8,10-16,25H,3,5,9,17-19H2,(H,32,33)(H2,30,31,34). The van der Waals surface area contributed by atoms with Crippen LogP contribution in [0.2, 0.25) is 0 Å². The summed E-state index contributed by atoms with van der Waals surface area (Å²) in [4.78, 5) is 15.7. The van der Waals surface area contributed by atoms with E-state index < -0.39 is 0 Å². The van der Waals surface area contributed by atoms with Crippen LogP contribution in [0, 0.1) is 0 Å². The van der Waals surface area contributed by atoms with Crippen molar-refractivity contribution in [3.8, 4) is 0 Å². The molecule has 2 aromatic carbocycles. The van der Waals surface area contributed by atoms with Crippen LogP contribution in [0.25, 0.3) is 11.0 Å². The van der Waals surface area contributed by atoms with E-state index in [1.165, 1.54) is 28.8 Å². The number of aryl methyl sites for hydroxylation is 1. The third kappa shape index (κ3) is 4.81. The first-order valence-corrected chi connectivity index (χ1v) is 12.2. The largest absolute Gasteiger partial charge is 0.365 e. The summed E-state index contributed by atoms with van der Waals surface area (Å²) in [7, 11) is 0. The van der Waals surface area contributed by atoms with Gasteiger partial charge in [-0.3, -0.25) is 15.0 Å². The summed E-state index contributed by atoms with van der Waals surface area (Å²) in [6.45, 7) is 2.33. The summed E-state index contributed by atoms with van der Waals surface area (Å²) >= 11 is 0. The smallest absolute Gasteiger partial charge is 0.147 e. The lowest BCUT2D eigenvalue weighted by atomic mass is 9.90. The van der Waals surface area contributed by atoms with E-state index in [-0.39, 0.29) is 6.04 Å². The Morgan fingerprint density at radius 1 is 0.943 bits per heavy atom. The Morgan fingerprint density at radius 3 is 2.69 bits per heavy atom. The van der Waals surface area contributed by atoms with Crippen molar-refractivity contribution in [1.29, 1.82) is 0 Å². The average molecular weight is 464 g/mol. The number of benzene rings is 2. The zero-order valence-corrected chi connectivity index (χ0v) is 19.6. The van der Waals surface area contributed by atoms with Crippen molar-refractivity contribution in [3.05, 3.63) is 107 Å². The fourth-order valence-electron chi connectivity index (χ4n) is 5.04. The molecule has 3 aromatic heterocycles. The fourth-order valence-corrected chi connectivity index (χ4v) is 5.04. The maximum absolute atomic E-state index is 4.87. The van der Waals surface area contributed by atoms with Gasteiger partial charge in [0.2, 0.25) is 0 Å². The molecule has 3 N–H and O–H groups in total. The molecule has 176 valence electrons. The fraction of sp³-hybridized carbons (Fsp3) is 0.250. The Kier molecular flexibility index (Phi) is 5.99. The van der Waals surface area contributed by atoms with Crippen molar-refractivity contribution in [2.45, 2.75) is 44.9 Å². The van der Waals surface area contributed by atoms with Gasteiger partial charge in [-0.25, -0.2) is 4.98 Å². The van der Waals surface area contributed by atoms with Gasteiger partial charge in [-0.05, 0) is 60.2 Å². The molecule has 5 aromatic rings. The summed E-state index contributed by atoms with van der Waals surface area (Å²) in [6, 6.07) is 23.6. The number of aromatic nitrogens is 5. The number of H-pyrrole nitrogens is 2. The normalized spacial score (nSPS) is 15.4. The molecular weight excluding hydrogens is 434 g/mol. The van der Waals surface area contributed by atoms with Gasteiger partial charge in [0.05, 0.1) is 29.3 Å². The topological polar surface area (TPSA) is 85.5 Å². The number of hydrogen-bond donors (Lipinski definition) is 3. The Bertz CT molecular complexity index is 1360. The van der Waals surface area contributed by atoms with Gasteiger partial charge < -0.3 is 10.3 Å². The summed E-state index contributed by atoms with van der Waals surface area (Å²) in [5, 5.41) is 10.3. The van der Waals surface area contributed by atoms with Gasteiger partial charge in [-0.1, -0.05) is 42.5 Å². The second-order valence-electron chi connectivity index (χ2n) is 9.19. The van der Waals surface area contributed by atoms with Crippen molar-refractivity contribution in [1.82, 2.24) is 30.0 Å². The van der Waals surface area contributed by atoms with Crippen LogP contribution >= 0.6 is 0 Å². The molecule has 1 aliphatic rings. The van der Waals surface area contributed by atoms with Gasteiger partial charge in [-0.15, -0.1) is 0 Å². The van der Waals surface area contributed by atoms with E-state index in [1.807, 2.05) is 30.6 Å². The highest BCUT2D eigenvalue weighted by Gasteiger charge is 2.28. The van der Waals surface area contributed by atoms with E-state index >= 15 is 0 Å². The molecule has 1 aliphatic carbocycles. The first-order valence-electron chi connectivity index (χ1n) is 12.2. The SMILES string of the molecule is c1cnc2c(c1)CCCC2N(Cc1ccc(CNc2cc[nH]n2)cc1)Cc1nc2ccccc2[nH]1. The van der Waals surface area contributed by atoms with Crippen LogP contribution in [0.1, 0.15) is 47.1 Å². The van der Waals surface area contributed by atoms with E-state index in [9.17, 15) is 0 Å². The van der Waals surface area contributed by atoms with Gasteiger partial charge in [0.1, 0.15) is 11.6 Å². The molecule has 7 nitrogen and oxygen atoms in total. The van der Waals surface area contributed by atoms with E-state index in [0.29, 0.717) is 0 Å². The number of pyridine rings is 1. The highest BCUT2D eigenvalue weighted by Crippen LogP contribution is 2.34. The van der Waals surface area contributed by atoms with E-state index in [2.05, 4.69) is 73.9 Å². The number of rotatable bonds is 8. The van der Waals surface area contributed by atoms with E-state index in [4.69, 9.17) is 9.97 Å². The van der Waals surface area contributed by atoms with Gasteiger partial charge in [0.15, 0.2) is 0 Å². The van der Waals surface area contributed by atoms with Crippen LogP contribution in [0.5, 0.6) is 0 Å². The lowest BCUT2D eigenvalue weighted by Gasteiger charge is -2.34. The first-order chi connectivity index (χ1) is 17.3. The number of fused-ring (bicyclic) bond motifs is 2. The van der Waals surface area contributed by atoms with Crippen LogP contribution in [-0.2, 0) is 26.1 Å². The lowest BCUT2D eigenvalue weighted by molar-refractivity contribution is 0.153. The maximum Gasteiger partial charge on any atom is 0.147 e. The number of aromatic amines is 2. The second kappa shape index (κ2) is 9.72. The third-order valence-electron chi connectivity index (χ3n) is 6.78. The third-order valence-corrected chi connectivity index (χ3v) is 6.78. The summed E-state index contributed by atoms with van der Waals surface area (Å²) in [5.41, 5.74) is 7.20. The Balaban J connectivity index is 1.24. The molecule has 0 aliphatic heterocycles. The minimum Gasteiger partial charge on any atom is -0.365 e. The molecule has 0 amide bonds. The van der Waals surface area contributed by atoms with Gasteiger partial charge >= 0.3 is 0 Å². The van der Waals surface area contributed by atoms with Crippen molar-refractivity contribution >= 4 is 16.9 Å². The summed E-state index contributed by atoms with van der Waals surface area (Å²) in [6.07, 6.45) is 7.14. The molecule has 0 radical (unpaired) electrons. The Labute approximate surface area is 204 Å². The van der Waals surface area contributed by atoms with Gasteiger partial charge in [-0.2, -0.15) is 5.10 Å². The minimum absolute atomic E-state index is 0.272. The van der Waals surface area contributed by atoms with Crippen molar-refractivity contribution in [2.24, 2.45) is 0 Å². The number of nitrogens with zero attached hydrogens (tertiary/aromatic N) is 4. The van der Waals surface area contributed by atoms with Crippen molar-refractivity contribution in [2.75, 3.05) is 5.32 Å². The van der Waals surface area contributed by atoms with E-state index in [1.54, 1.807) is 0 Å². The zero-order valence-electron chi connectivity index (χ0n) is 19.6. The van der Waals surface area contributed by atoms with Gasteiger partial charge in [0, 0.05) is 25.5 Å². The second-order valence-corrected chi connectivity index (χ2v) is 9.19. The van der Waals surface area contributed by atoms with Crippen LogP contribution in [0.3, 0.4) is 0 Å². The van der Waals surface area contributed by atoms with E-state index in [0.717, 1.165) is 55.2 Å². The monoisotopic (exact) mass is 463 g/mol. The number of imidazole rings is 1. The molecule has 1 atom stereocenters. The molecule has 0 bridgehead atoms. The first kappa shape index (κ1) is 21.6. The number of hydrogen-bond acceptors (Lipinski definition) is 5. The molecule has 1 unspecified atom stereocenters. The predicted octanol–water partition coefficient (Wildman–Crippen LogP) is 5.37. The summed E-state index contributed by atoms with van der Waals surface area (Å²) < 4.78 is 0. The number of nitrogens with one attached hydrogen (secondary N) is 3. The van der Waals surface area contributed by atoms with Gasteiger partial charge in [0.25, 0.3) is 0 Å². The number of para-hydroxylation sites is 2. The maximum atomic E-state index is 4.87. The average Bonchev–Trinajstić information content (AvgIpc) is 3.57. The molecular formula is C28H29N7. The number of anilines is 1. The van der Waals surface area contributed by atoms with Crippen LogP contribution in [0.4, 0.5) is 5.82 Å². The Morgan fingerprint density at radius 2 is 1.83 bits per heavy atom. The highest BCUT2D eigenvalue weighted by molar-refractivity contribution is 5.74. The van der Waals surface area contributed by atoms with Crippen molar-refractivity contribution in [3.63, 3.8) is 0 Å². The highest BCUT2D eigenvalue weighted by atomic mass is 15.2. The quantitative estimate of drug-likeness (QED) is 0.288. The Hall–Kier alpha value is -3.97. The van der Waals surface area contributed by atoms with Crippen molar-refractivity contribution < 1.29 is 0 Å². The zero-order chi connectivity index (χ0) is 23.5. The molecule has 0 saturated carbocycles. The minimum atomic E-state index is 0.272. The van der Waals surface area contributed by atoms with Crippen LogP contribution < -0.4 is 5.32 Å². The van der Waals surface area contributed by atoms with Crippen LogP contribution in [-0.4, -0.2) is 30.0 Å². The molecule has 0 fully saturated rings.